The summed E-state index contributed by atoms with van der Waals surface area (Å²) in [4.78, 5) is 0. The first-order chi connectivity index (χ1) is 28.7. The summed E-state index contributed by atoms with van der Waals surface area (Å²) < 4.78 is 0. The van der Waals surface area contributed by atoms with Gasteiger partial charge in [0, 0.05) is 0 Å². The molecule has 0 unspecified atom stereocenters. The Morgan fingerprint density at radius 2 is 1.16 bits per heavy atom. The molecule has 2 radical (unpaired) electrons. The molecular weight excluding hydrogens is 713 g/mol. The van der Waals surface area contributed by atoms with Crippen molar-refractivity contribution in [1.82, 2.24) is 0 Å². The summed E-state index contributed by atoms with van der Waals surface area (Å²) in [7, 11) is 0.613. The molecule has 2 aliphatic rings. The highest BCUT2D eigenvalue weighted by atomic mass is 28.2. The summed E-state index contributed by atoms with van der Waals surface area (Å²) in [6.07, 6.45) is 12.4. The molecule has 0 amide bonds. The molecule has 0 aromatic heterocycles. The zero-order valence-corrected chi connectivity index (χ0v) is 33.9. The van der Waals surface area contributed by atoms with Crippen LogP contribution >= 0.6 is 0 Å². The molecule has 0 nitrogen and oxygen atoms in total. The maximum atomic E-state index is 2.52. The van der Waals surface area contributed by atoms with Gasteiger partial charge in [0.1, 0.15) is 9.52 Å². The number of fused-ring (bicyclic) bond motifs is 6. The van der Waals surface area contributed by atoms with E-state index < -0.39 is 0 Å². The van der Waals surface area contributed by atoms with Crippen molar-refractivity contribution in [3.05, 3.63) is 203 Å². The van der Waals surface area contributed by atoms with Gasteiger partial charge < -0.3 is 0 Å². The quantitative estimate of drug-likeness (QED) is 0.121. The third-order valence-corrected chi connectivity index (χ3v) is 14.1. The van der Waals surface area contributed by atoms with Crippen LogP contribution in [-0.2, 0) is 12.8 Å². The fraction of sp³-hybridized carbons (Fsp3) is 0.0877. The Kier molecular flexibility index (Phi) is 8.45. The van der Waals surface area contributed by atoms with Gasteiger partial charge in [-0.3, -0.25) is 0 Å². The summed E-state index contributed by atoms with van der Waals surface area (Å²) in [5.41, 5.74) is 19.1. The lowest BCUT2D eigenvalue weighted by Gasteiger charge is -2.27. The lowest BCUT2D eigenvalue weighted by atomic mass is 9.78. The maximum Gasteiger partial charge on any atom is 0.122 e. The molecule has 11 rings (SSSR count). The highest BCUT2D eigenvalue weighted by molar-refractivity contribution is 6.69. The minimum absolute atomic E-state index is 0.613. The lowest BCUT2D eigenvalue weighted by Crippen LogP contribution is -2.37. The van der Waals surface area contributed by atoms with Crippen LogP contribution in [0.3, 0.4) is 0 Å². The van der Waals surface area contributed by atoms with Gasteiger partial charge in [-0.05, 0) is 143 Å². The molecule has 0 fully saturated rings. The van der Waals surface area contributed by atoms with Gasteiger partial charge in [0.2, 0.25) is 0 Å². The van der Waals surface area contributed by atoms with E-state index in [-0.39, 0.29) is 0 Å². The van der Waals surface area contributed by atoms with E-state index >= 15 is 0 Å². The molecule has 1 heterocycles. The third kappa shape index (κ3) is 5.56. The molecule has 1 aliphatic heterocycles. The highest BCUT2D eigenvalue weighted by Crippen LogP contribution is 2.46. The molecule has 0 bridgehead atoms. The van der Waals surface area contributed by atoms with E-state index in [0.29, 0.717) is 9.52 Å². The largest absolute Gasteiger partial charge is 0.122 e. The Morgan fingerprint density at radius 3 is 1.90 bits per heavy atom. The lowest BCUT2D eigenvalue weighted by molar-refractivity contribution is 0.985. The van der Waals surface area contributed by atoms with Crippen LogP contribution in [0, 0.1) is 6.92 Å². The molecule has 0 N–H and O–H groups in total. The molecule has 1 aliphatic carbocycles. The van der Waals surface area contributed by atoms with E-state index in [1.54, 1.807) is 0 Å². The van der Waals surface area contributed by atoms with Gasteiger partial charge in [-0.1, -0.05) is 192 Å². The predicted octanol–water partition coefficient (Wildman–Crippen LogP) is 13.7. The van der Waals surface area contributed by atoms with Crippen LogP contribution < -0.4 is 10.4 Å². The second-order valence-corrected chi connectivity index (χ2v) is 17.2. The van der Waals surface area contributed by atoms with Gasteiger partial charge in [0.15, 0.2) is 0 Å². The van der Waals surface area contributed by atoms with Gasteiger partial charge in [0.05, 0.1) is 0 Å². The van der Waals surface area contributed by atoms with E-state index in [9.17, 15) is 0 Å². The van der Waals surface area contributed by atoms with Crippen LogP contribution in [0.25, 0.3) is 89.0 Å². The van der Waals surface area contributed by atoms with Crippen molar-refractivity contribution >= 4 is 64.4 Å². The molecule has 274 valence electrons. The van der Waals surface area contributed by atoms with Gasteiger partial charge in [-0.2, -0.15) is 0 Å². The number of rotatable bonds is 5. The normalized spacial score (nSPS) is 13.3. The maximum absolute atomic E-state index is 2.52. The Morgan fingerprint density at radius 1 is 0.517 bits per heavy atom. The van der Waals surface area contributed by atoms with Crippen LogP contribution in [0.15, 0.2) is 170 Å². The van der Waals surface area contributed by atoms with Crippen molar-refractivity contribution < 1.29 is 0 Å². The zero-order chi connectivity index (χ0) is 38.7. The number of hydrogen-bond donors (Lipinski definition) is 0. The Balaban J connectivity index is 1.02. The predicted molar refractivity (Wildman–Crippen MR) is 252 cm³/mol. The Labute approximate surface area is 343 Å². The van der Waals surface area contributed by atoms with E-state index in [1.165, 1.54) is 121 Å². The number of hydrogen-bond acceptors (Lipinski definition) is 0. The van der Waals surface area contributed by atoms with Crippen molar-refractivity contribution in [2.75, 3.05) is 0 Å². The molecule has 9 aromatic rings. The minimum Gasteiger partial charge on any atom is -0.0870 e. The molecule has 0 atom stereocenters. The SMILES string of the molecule is C/C=C\c1c(C)c(-c2cccc3ccccc23)c2c(c1-c1ccc3c(c1)[Si]c1ccc(-c4c5ccccc5c(-c5ccccc5)c5ccccc45)cc1C3)C=CCC2. The van der Waals surface area contributed by atoms with Crippen molar-refractivity contribution in [3.8, 4) is 44.5 Å². The number of benzene rings is 9. The fourth-order valence-corrected chi connectivity index (χ4v) is 11.4. The summed E-state index contributed by atoms with van der Waals surface area (Å²) in [6.45, 7) is 4.50. The van der Waals surface area contributed by atoms with E-state index in [2.05, 4.69) is 196 Å². The standard InChI is InChI=1S/C57H42Si/c1-3-16-43-36(2)54(45-28-15-20-37-17-7-8-21-44(37)45)46-22-9-10-23-47(46)56(43)41-30-29-39-33-42-34-40(31-32-52(42)58-53(39)35-41)57-50-26-13-11-24-48(50)55(38-18-5-4-6-19-38)49-25-12-14-27-51(49)57/h3-8,10-21,23-32,34-35H,9,22,33H2,1-2H3/b16-3-. The summed E-state index contributed by atoms with van der Waals surface area (Å²) >= 11 is 0. The molecule has 0 saturated heterocycles. The first-order valence-electron chi connectivity index (χ1n) is 20.7. The smallest absolute Gasteiger partial charge is 0.0870 e. The molecule has 58 heavy (non-hydrogen) atoms. The van der Waals surface area contributed by atoms with Crippen LogP contribution in [0.4, 0.5) is 0 Å². The average molecular weight is 755 g/mol. The number of allylic oxidation sites excluding steroid dienone is 2. The Hall–Kier alpha value is -6.54. The van der Waals surface area contributed by atoms with Crippen molar-refractivity contribution in [2.24, 2.45) is 0 Å². The molecule has 1 heteroatoms. The average Bonchev–Trinajstić information content (AvgIpc) is 3.27. The van der Waals surface area contributed by atoms with Gasteiger partial charge >= 0.3 is 0 Å². The molecule has 9 aromatic carbocycles. The van der Waals surface area contributed by atoms with E-state index in [1.807, 2.05) is 0 Å². The van der Waals surface area contributed by atoms with Crippen molar-refractivity contribution in [3.63, 3.8) is 0 Å². The highest BCUT2D eigenvalue weighted by Gasteiger charge is 2.26. The van der Waals surface area contributed by atoms with Crippen molar-refractivity contribution in [1.29, 1.82) is 0 Å². The first-order valence-corrected chi connectivity index (χ1v) is 21.7. The summed E-state index contributed by atoms with van der Waals surface area (Å²) in [6, 6.07) is 59.2. The second kappa shape index (κ2) is 14.1. The Bertz CT molecular complexity index is 3110. The topological polar surface area (TPSA) is 0 Å². The molecule has 0 saturated carbocycles. The van der Waals surface area contributed by atoms with E-state index in [4.69, 9.17) is 0 Å². The molecule has 0 spiro atoms. The first kappa shape index (κ1) is 34.7. The zero-order valence-electron chi connectivity index (χ0n) is 32.9. The van der Waals surface area contributed by atoms with Gasteiger partial charge in [-0.15, -0.1) is 0 Å². The van der Waals surface area contributed by atoms with Crippen molar-refractivity contribution in [2.45, 2.75) is 33.1 Å². The minimum atomic E-state index is 0.613. The van der Waals surface area contributed by atoms with Gasteiger partial charge in [-0.25, -0.2) is 0 Å². The van der Waals surface area contributed by atoms with E-state index in [0.717, 1.165) is 19.3 Å². The summed E-state index contributed by atoms with van der Waals surface area (Å²) in [5.74, 6) is 0. The molecular formula is C57H42Si. The second-order valence-electron chi connectivity index (χ2n) is 15.9. The third-order valence-electron chi connectivity index (χ3n) is 12.6. The fourth-order valence-electron chi connectivity index (χ4n) is 10.1. The monoisotopic (exact) mass is 754 g/mol. The van der Waals surface area contributed by atoms with Crippen LogP contribution in [-0.4, -0.2) is 9.52 Å². The van der Waals surface area contributed by atoms with Crippen LogP contribution in [0.5, 0.6) is 0 Å². The van der Waals surface area contributed by atoms with Crippen LogP contribution in [0.2, 0.25) is 0 Å². The van der Waals surface area contributed by atoms with Crippen LogP contribution in [0.1, 0.15) is 46.7 Å². The van der Waals surface area contributed by atoms with Gasteiger partial charge in [0.25, 0.3) is 0 Å². The summed E-state index contributed by atoms with van der Waals surface area (Å²) in [5, 5.41) is 10.8.